The molecule has 0 rings (SSSR count). The first-order valence-electron chi connectivity index (χ1n) is 3.77. The Hall–Kier alpha value is -0.830. The van der Waals surface area contributed by atoms with Crippen molar-refractivity contribution in [2.24, 2.45) is 5.73 Å². The van der Waals surface area contributed by atoms with Crippen LogP contribution in [0.1, 0.15) is 13.8 Å². The fourth-order valence-electron chi connectivity index (χ4n) is 0.647. The van der Waals surface area contributed by atoms with Crippen LogP contribution in [0.3, 0.4) is 0 Å². The van der Waals surface area contributed by atoms with E-state index in [1.54, 1.807) is 6.08 Å². The average Bonchev–Trinajstić information content (AvgIpc) is 1.84. The maximum Gasteiger partial charge on any atom is 0.103 e. The first kappa shape index (κ1) is 11.2. The topological polar surface area (TPSA) is 29.3 Å². The largest absolute Gasteiger partial charge is 0.399 e. The number of allylic oxidation sites excluding steroid dienone is 2. The standard InChI is InChI=1S/C9H16N2S/c1-7(2)5-8(10)6-9(12)11(3)4/h5-6H,10H2,1-4H3. The molecule has 0 aliphatic rings. The Morgan fingerprint density at radius 2 is 1.75 bits per heavy atom. The van der Waals surface area contributed by atoms with Crippen molar-refractivity contribution < 1.29 is 0 Å². The molecule has 0 saturated heterocycles. The summed E-state index contributed by atoms with van der Waals surface area (Å²) in [5.41, 5.74) is 7.56. The lowest BCUT2D eigenvalue weighted by Gasteiger charge is -2.09. The molecule has 0 bridgehead atoms. The number of likely N-dealkylation sites (N-methyl/N-ethyl adjacent to an activating group) is 1. The molecule has 2 nitrogen and oxygen atoms in total. The Morgan fingerprint density at radius 3 is 2.08 bits per heavy atom. The molecular weight excluding hydrogens is 168 g/mol. The molecule has 0 fully saturated rings. The zero-order valence-corrected chi connectivity index (χ0v) is 8.90. The van der Waals surface area contributed by atoms with E-state index in [-0.39, 0.29) is 0 Å². The van der Waals surface area contributed by atoms with Crippen LogP contribution in [0.2, 0.25) is 0 Å². The van der Waals surface area contributed by atoms with Gasteiger partial charge in [0.2, 0.25) is 0 Å². The molecule has 0 spiro atoms. The van der Waals surface area contributed by atoms with Crippen molar-refractivity contribution in [3.8, 4) is 0 Å². The van der Waals surface area contributed by atoms with Crippen molar-refractivity contribution >= 4 is 17.2 Å². The molecule has 0 aliphatic heterocycles. The number of nitrogens with two attached hydrogens (primary N) is 1. The molecule has 3 heteroatoms. The van der Waals surface area contributed by atoms with Crippen molar-refractivity contribution in [1.29, 1.82) is 0 Å². The maximum atomic E-state index is 5.68. The number of hydrogen-bond donors (Lipinski definition) is 1. The van der Waals surface area contributed by atoms with Gasteiger partial charge in [-0.2, -0.15) is 0 Å². The zero-order chi connectivity index (χ0) is 9.72. The normalized spacial score (nSPS) is 10.8. The molecule has 0 amide bonds. The highest BCUT2D eigenvalue weighted by molar-refractivity contribution is 7.80. The molecule has 0 aliphatic carbocycles. The first-order chi connectivity index (χ1) is 5.43. The van der Waals surface area contributed by atoms with Gasteiger partial charge in [-0.1, -0.05) is 17.8 Å². The van der Waals surface area contributed by atoms with Gasteiger partial charge in [0.15, 0.2) is 0 Å². The Kier molecular flexibility index (Phi) is 4.59. The second-order valence-corrected chi connectivity index (χ2v) is 3.52. The average molecular weight is 184 g/mol. The minimum atomic E-state index is 0.703. The van der Waals surface area contributed by atoms with Crippen molar-refractivity contribution in [3.63, 3.8) is 0 Å². The molecule has 0 radical (unpaired) electrons. The molecule has 0 unspecified atom stereocenters. The van der Waals surface area contributed by atoms with Gasteiger partial charge in [0.25, 0.3) is 0 Å². The van der Waals surface area contributed by atoms with E-state index in [2.05, 4.69) is 0 Å². The number of hydrogen-bond acceptors (Lipinski definition) is 2. The molecule has 0 aromatic heterocycles. The van der Waals surface area contributed by atoms with Crippen LogP contribution in [0.25, 0.3) is 0 Å². The molecule has 0 aromatic rings. The summed E-state index contributed by atoms with van der Waals surface area (Å²) in [5, 5.41) is 0. The van der Waals surface area contributed by atoms with Gasteiger partial charge < -0.3 is 10.6 Å². The van der Waals surface area contributed by atoms with Gasteiger partial charge in [-0.25, -0.2) is 0 Å². The summed E-state index contributed by atoms with van der Waals surface area (Å²) in [7, 11) is 3.79. The Balaban J connectivity index is 4.37. The molecule has 0 saturated carbocycles. The van der Waals surface area contributed by atoms with Gasteiger partial charge in [0.05, 0.1) is 0 Å². The van der Waals surface area contributed by atoms with E-state index in [1.807, 2.05) is 38.9 Å². The predicted octanol–water partition coefficient (Wildman–Crippen LogP) is 1.68. The first-order valence-corrected chi connectivity index (χ1v) is 4.17. The third-order valence-corrected chi connectivity index (χ3v) is 1.67. The van der Waals surface area contributed by atoms with E-state index in [9.17, 15) is 0 Å². The van der Waals surface area contributed by atoms with Gasteiger partial charge in [0, 0.05) is 19.8 Å². The summed E-state index contributed by atoms with van der Waals surface area (Å²) in [4.78, 5) is 2.59. The van der Waals surface area contributed by atoms with Crippen LogP contribution >= 0.6 is 12.2 Å². The SMILES string of the molecule is CC(C)=CC(N)=CC(=S)N(C)C. The maximum absolute atomic E-state index is 5.68. The third kappa shape index (κ3) is 4.91. The van der Waals surface area contributed by atoms with Crippen LogP contribution < -0.4 is 5.73 Å². The van der Waals surface area contributed by atoms with Crippen molar-refractivity contribution in [2.75, 3.05) is 14.1 Å². The smallest absolute Gasteiger partial charge is 0.103 e. The lowest BCUT2D eigenvalue weighted by molar-refractivity contribution is 0.639. The minimum absolute atomic E-state index is 0.703. The zero-order valence-electron chi connectivity index (χ0n) is 8.09. The Labute approximate surface area is 79.7 Å². The number of thiocarbonyl (C=S) groups is 1. The molecule has 12 heavy (non-hydrogen) atoms. The lowest BCUT2D eigenvalue weighted by Crippen LogP contribution is -2.18. The van der Waals surface area contributed by atoms with E-state index in [0.717, 1.165) is 4.99 Å². The monoisotopic (exact) mass is 184 g/mol. The van der Waals surface area contributed by atoms with Crippen LogP contribution in [0.5, 0.6) is 0 Å². The molecule has 0 aromatic carbocycles. The van der Waals surface area contributed by atoms with Crippen molar-refractivity contribution in [2.45, 2.75) is 13.8 Å². The van der Waals surface area contributed by atoms with Gasteiger partial charge in [0.1, 0.15) is 4.99 Å². The van der Waals surface area contributed by atoms with Crippen LogP contribution in [0, 0.1) is 0 Å². The van der Waals surface area contributed by atoms with Gasteiger partial charge in [-0.05, 0) is 26.0 Å². The predicted molar refractivity (Wildman–Crippen MR) is 58.0 cm³/mol. The molecule has 2 N–H and O–H groups in total. The fourth-order valence-corrected chi connectivity index (χ4v) is 0.783. The van der Waals surface area contributed by atoms with Crippen LogP contribution in [-0.4, -0.2) is 24.0 Å². The van der Waals surface area contributed by atoms with Crippen molar-refractivity contribution in [1.82, 2.24) is 4.90 Å². The van der Waals surface area contributed by atoms with E-state index >= 15 is 0 Å². The summed E-state index contributed by atoms with van der Waals surface area (Å²) in [6, 6.07) is 0. The summed E-state index contributed by atoms with van der Waals surface area (Å²) in [6.45, 7) is 4.00. The second-order valence-electron chi connectivity index (χ2n) is 3.10. The highest BCUT2D eigenvalue weighted by Crippen LogP contribution is 1.97. The quantitative estimate of drug-likeness (QED) is 0.402. The number of rotatable bonds is 2. The van der Waals surface area contributed by atoms with E-state index < -0.39 is 0 Å². The van der Waals surface area contributed by atoms with E-state index in [4.69, 9.17) is 18.0 Å². The van der Waals surface area contributed by atoms with Gasteiger partial charge in [-0.3, -0.25) is 0 Å². The lowest BCUT2D eigenvalue weighted by atomic mass is 10.2. The fraction of sp³-hybridized carbons (Fsp3) is 0.444. The molecule has 0 atom stereocenters. The summed E-state index contributed by atoms with van der Waals surface area (Å²) >= 11 is 5.05. The minimum Gasteiger partial charge on any atom is -0.399 e. The summed E-state index contributed by atoms with van der Waals surface area (Å²) in [5.74, 6) is 0. The molecular formula is C9H16N2S. The van der Waals surface area contributed by atoms with Crippen LogP contribution in [0.15, 0.2) is 23.4 Å². The van der Waals surface area contributed by atoms with E-state index in [1.165, 1.54) is 5.57 Å². The highest BCUT2D eigenvalue weighted by atomic mass is 32.1. The Morgan fingerprint density at radius 1 is 1.25 bits per heavy atom. The Bertz CT molecular complexity index is 223. The van der Waals surface area contributed by atoms with Gasteiger partial charge >= 0.3 is 0 Å². The molecule has 68 valence electrons. The summed E-state index contributed by atoms with van der Waals surface area (Å²) < 4.78 is 0. The van der Waals surface area contributed by atoms with E-state index in [0.29, 0.717) is 5.70 Å². The van der Waals surface area contributed by atoms with Crippen LogP contribution in [0.4, 0.5) is 0 Å². The van der Waals surface area contributed by atoms with Gasteiger partial charge in [-0.15, -0.1) is 0 Å². The number of nitrogens with zero attached hydrogens (tertiary/aromatic N) is 1. The highest BCUT2D eigenvalue weighted by Gasteiger charge is 1.93. The van der Waals surface area contributed by atoms with Crippen LogP contribution in [-0.2, 0) is 0 Å². The summed E-state index contributed by atoms with van der Waals surface area (Å²) in [6.07, 6.45) is 3.68. The van der Waals surface area contributed by atoms with Crippen molar-refractivity contribution in [3.05, 3.63) is 23.4 Å². The molecule has 0 heterocycles. The second kappa shape index (κ2) is 4.93. The third-order valence-electron chi connectivity index (χ3n) is 1.19.